The minimum atomic E-state index is -2.02. The predicted molar refractivity (Wildman–Crippen MR) is 202 cm³/mol. The van der Waals surface area contributed by atoms with Crippen molar-refractivity contribution < 1.29 is 23.4 Å². The molecule has 48 heavy (non-hydrogen) atoms. The van der Waals surface area contributed by atoms with E-state index in [4.69, 9.17) is 30.2 Å². The average Bonchev–Trinajstić information content (AvgIpc) is 3.66. The van der Waals surface area contributed by atoms with Crippen molar-refractivity contribution in [3.63, 3.8) is 0 Å². The molecule has 5 nitrogen and oxygen atoms in total. The first kappa shape index (κ1) is 38.6. The summed E-state index contributed by atoms with van der Waals surface area (Å²) in [6, 6.07) is 21.2. The average molecular weight is 713 g/mol. The van der Waals surface area contributed by atoms with Gasteiger partial charge in [0.2, 0.25) is 0 Å². The third kappa shape index (κ3) is 10.2. The van der Waals surface area contributed by atoms with Crippen molar-refractivity contribution in [2.75, 3.05) is 14.2 Å². The van der Waals surface area contributed by atoms with Gasteiger partial charge in [-0.05, 0) is 97.1 Å². The monoisotopic (exact) mass is 712 g/mol. The van der Waals surface area contributed by atoms with Crippen LogP contribution in [0.2, 0.25) is 18.1 Å². The zero-order chi connectivity index (χ0) is 34.9. The number of benzene rings is 2. The lowest BCUT2D eigenvalue weighted by Gasteiger charge is -2.40. The lowest BCUT2D eigenvalue weighted by atomic mass is 9.84. The fraction of sp³-hybridized carbons (Fsp3) is 0.575. The summed E-state index contributed by atoms with van der Waals surface area (Å²) in [5, 5.41) is 0.165. The molecule has 1 fully saturated rings. The first-order valence-electron chi connectivity index (χ1n) is 17.7. The molecule has 0 spiro atoms. The van der Waals surface area contributed by atoms with Crippen molar-refractivity contribution in [3.8, 4) is 5.75 Å². The van der Waals surface area contributed by atoms with Crippen LogP contribution in [-0.4, -0.2) is 40.0 Å². The Balaban J connectivity index is 1.54. The SMILES string of the molecule is CCCCCC(OCc1ccc(OC)cc1)c1ccc([C@@H]2[C@@H](CCCc3ccc(C(=O)OC)s3)[C@H](Cl)C[C@H]2O[Si](C)(C)C(C)(C)C)cc1. The Morgan fingerprint density at radius 3 is 2.31 bits per heavy atom. The number of rotatable bonds is 17. The second-order valence-corrected chi connectivity index (χ2v) is 21.3. The Bertz CT molecular complexity index is 1410. The highest BCUT2D eigenvalue weighted by Crippen LogP contribution is 2.50. The molecule has 264 valence electrons. The summed E-state index contributed by atoms with van der Waals surface area (Å²) in [7, 11) is 1.10. The van der Waals surface area contributed by atoms with Gasteiger partial charge >= 0.3 is 5.97 Å². The predicted octanol–water partition coefficient (Wildman–Crippen LogP) is 11.5. The molecule has 0 radical (unpaired) electrons. The Labute approximate surface area is 299 Å². The lowest BCUT2D eigenvalue weighted by molar-refractivity contribution is 0.0321. The van der Waals surface area contributed by atoms with Gasteiger partial charge in [-0.25, -0.2) is 4.79 Å². The van der Waals surface area contributed by atoms with Crippen molar-refractivity contribution >= 4 is 37.2 Å². The fourth-order valence-corrected chi connectivity index (χ4v) is 9.33. The lowest BCUT2D eigenvalue weighted by Crippen LogP contribution is -2.44. The molecule has 1 aliphatic carbocycles. The van der Waals surface area contributed by atoms with Crippen molar-refractivity contribution in [1.82, 2.24) is 0 Å². The molecule has 0 N–H and O–H groups in total. The van der Waals surface area contributed by atoms with Crippen molar-refractivity contribution in [2.45, 2.75) is 127 Å². The number of methoxy groups -OCH3 is 2. The molecule has 5 atom stereocenters. The molecule has 1 heterocycles. The molecule has 4 rings (SSSR count). The van der Waals surface area contributed by atoms with Crippen LogP contribution in [0.5, 0.6) is 5.75 Å². The van der Waals surface area contributed by atoms with Crippen molar-refractivity contribution in [2.24, 2.45) is 5.92 Å². The van der Waals surface area contributed by atoms with E-state index in [1.165, 1.54) is 47.3 Å². The fourth-order valence-electron chi connectivity index (χ4n) is 6.55. The van der Waals surface area contributed by atoms with Crippen LogP contribution < -0.4 is 4.74 Å². The summed E-state index contributed by atoms with van der Waals surface area (Å²) in [5.41, 5.74) is 3.67. The second-order valence-electron chi connectivity index (χ2n) is 14.8. The number of hydrogen-bond acceptors (Lipinski definition) is 6. The molecule has 1 aromatic heterocycles. The summed E-state index contributed by atoms with van der Waals surface area (Å²) in [4.78, 5) is 13.8. The largest absolute Gasteiger partial charge is 0.497 e. The number of carbonyl (C=O) groups is 1. The van der Waals surface area contributed by atoms with Crippen LogP contribution in [0.25, 0.3) is 0 Å². The number of halogens is 1. The molecule has 0 aliphatic heterocycles. The summed E-state index contributed by atoms with van der Waals surface area (Å²) >= 11 is 8.76. The molecule has 1 aliphatic rings. The molecule has 0 saturated heterocycles. The molecule has 1 saturated carbocycles. The van der Waals surface area contributed by atoms with E-state index in [1.807, 2.05) is 18.2 Å². The highest BCUT2D eigenvalue weighted by molar-refractivity contribution is 7.13. The molecule has 0 bridgehead atoms. The summed E-state index contributed by atoms with van der Waals surface area (Å²) in [5.74, 6) is 1.12. The van der Waals surface area contributed by atoms with Crippen LogP contribution in [0.15, 0.2) is 60.7 Å². The topological polar surface area (TPSA) is 54.0 Å². The van der Waals surface area contributed by atoms with E-state index in [0.717, 1.165) is 49.8 Å². The smallest absolute Gasteiger partial charge is 0.348 e. The third-order valence-corrected chi connectivity index (χ3v) is 16.5. The number of thiophene rings is 1. The highest BCUT2D eigenvalue weighted by atomic mass is 35.5. The molecule has 8 heteroatoms. The van der Waals surface area contributed by atoms with Gasteiger partial charge in [-0.3, -0.25) is 0 Å². The van der Waals surface area contributed by atoms with E-state index >= 15 is 0 Å². The van der Waals surface area contributed by atoms with Crippen molar-refractivity contribution in [3.05, 3.63) is 87.1 Å². The molecule has 3 aromatic rings. The van der Waals surface area contributed by atoms with Crippen molar-refractivity contribution in [1.29, 1.82) is 0 Å². The molecular formula is C40H57ClO5SSi. The van der Waals surface area contributed by atoms with Gasteiger partial charge < -0.3 is 18.6 Å². The minimum absolute atomic E-state index is 0.0350. The van der Waals surface area contributed by atoms with E-state index in [1.54, 1.807) is 7.11 Å². The first-order chi connectivity index (χ1) is 22.9. The molecule has 2 aromatic carbocycles. The number of unbranched alkanes of at least 4 members (excludes halogenated alkanes) is 2. The normalized spacial score (nSPS) is 20.5. The number of carbonyl (C=O) groups excluding carboxylic acids is 1. The number of alkyl halides is 1. The second kappa shape index (κ2) is 17.7. The molecule has 0 amide bonds. The molecular weight excluding hydrogens is 656 g/mol. The standard InChI is InChI=1S/C40H57ClO5SSi/c1-9-10-11-15-35(45-27-28-16-22-31(43-5)23-17-28)29-18-20-30(21-19-29)38-33(14-12-13-32-24-25-37(47-32)39(42)44-6)34(41)26-36(38)46-48(7,8)40(2,3)4/h16-25,33-36,38H,9-15,26-27H2,1-8H3/t33-,34+,35?,36+,38+/m0/s1. The minimum Gasteiger partial charge on any atom is -0.497 e. The maximum Gasteiger partial charge on any atom is 0.348 e. The quantitative estimate of drug-likeness (QED) is 0.0603. The van der Waals surface area contributed by atoms with Crippen LogP contribution in [0.1, 0.15) is 116 Å². The maximum atomic E-state index is 12.0. The van der Waals surface area contributed by atoms with Gasteiger partial charge in [0.15, 0.2) is 8.32 Å². The van der Waals surface area contributed by atoms with Crippen LogP contribution >= 0.6 is 22.9 Å². The Hall–Kier alpha value is -2.16. The first-order valence-corrected chi connectivity index (χ1v) is 21.9. The Morgan fingerprint density at radius 2 is 1.69 bits per heavy atom. The third-order valence-electron chi connectivity index (χ3n) is 10.4. The van der Waals surface area contributed by atoms with Crippen LogP contribution in [0, 0.1) is 5.92 Å². The van der Waals surface area contributed by atoms with E-state index < -0.39 is 8.32 Å². The zero-order valence-electron chi connectivity index (χ0n) is 30.4. The Kier molecular flexibility index (Phi) is 14.2. The van der Waals surface area contributed by atoms with Crippen LogP contribution in [0.3, 0.4) is 0 Å². The van der Waals surface area contributed by atoms with Gasteiger partial charge in [-0.15, -0.1) is 22.9 Å². The van der Waals surface area contributed by atoms with E-state index in [9.17, 15) is 4.79 Å². The van der Waals surface area contributed by atoms with Gasteiger partial charge in [0.1, 0.15) is 10.6 Å². The van der Waals surface area contributed by atoms with Gasteiger partial charge in [-0.2, -0.15) is 0 Å². The van der Waals surface area contributed by atoms with E-state index in [-0.39, 0.29) is 34.5 Å². The summed E-state index contributed by atoms with van der Waals surface area (Å²) < 4.78 is 24.0. The Morgan fingerprint density at radius 1 is 0.979 bits per heavy atom. The number of aryl methyl sites for hydroxylation is 1. The van der Waals surface area contributed by atoms with E-state index in [2.05, 4.69) is 83.3 Å². The van der Waals surface area contributed by atoms with E-state index in [0.29, 0.717) is 17.4 Å². The van der Waals surface area contributed by atoms with Gasteiger partial charge in [-0.1, -0.05) is 83.4 Å². The van der Waals surface area contributed by atoms with Crippen LogP contribution in [-0.2, 0) is 26.9 Å². The van der Waals surface area contributed by atoms with Gasteiger partial charge in [0.05, 0.1) is 33.0 Å². The van der Waals surface area contributed by atoms with Gasteiger partial charge in [0, 0.05) is 16.2 Å². The number of ether oxygens (including phenoxy) is 3. The number of esters is 1. The maximum absolute atomic E-state index is 12.0. The summed E-state index contributed by atoms with van der Waals surface area (Å²) in [6.45, 7) is 14.4. The number of hydrogen-bond donors (Lipinski definition) is 0. The highest BCUT2D eigenvalue weighted by Gasteiger charge is 2.48. The van der Waals surface area contributed by atoms with Gasteiger partial charge in [0.25, 0.3) is 0 Å². The summed E-state index contributed by atoms with van der Waals surface area (Å²) in [6.07, 6.45) is 8.44. The zero-order valence-corrected chi connectivity index (χ0v) is 32.9. The molecule has 1 unspecified atom stereocenters. The van der Waals surface area contributed by atoms with Crippen LogP contribution in [0.4, 0.5) is 0 Å².